The van der Waals surface area contributed by atoms with Crippen molar-refractivity contribution in [1.82, 2.24) is 9.97 Å². The lowest BCUT2D eigenvalue weighted by molar-refractivity contribution is 0.100. The van der Waals surface area contributed by atoms with Crippen LogP contribution in [-0.2, 0) is 0 Å². The fraction of sp³-hybridized carbons (Fsp3) is 0.476. The molecular weight excluding hydrogens is 387 g/mol. The van der Waals surface area contributed by atoms with Crippen LogP contribution in [0.3, 0.4) is 0 Å². The molecule has 0 aliphatic heterocycles. The van der Waals surface area contributed by atoms with Crippen LogP contribution in [0.15, 0.2) is 24.4 Å². The molecule has 0 spiro atoms. The molecule has 6 N–H and O–H groups in total. The molecule has 2 heterocycles. The van der Waals surface area contributed by atoms with E-state index in [2.05, 4.69) is 34.4 Å². The molecule has 164 valence electrons. The fourth-order valence-corrected chi connectivity index (χ4v) is 2.87. The van der Waals surface area contributed by atoms with Crippen LogP contribution in [0.25, 0.3) is 0 Å². The van der Waals surface area contributed by atoms with Crippen LogP contribution in [-0.4, -0.2) is 34.6 Å². The topological polar surface area (TPSA) is 128 Å². The summed E-state index contributed by atoms with van der Waals surface area (Å²) < 4.78 is 20.2. The first-order chi connectivity index (χ1) is 14.2. The van der Waals surface area contributed by atoms with E-state index in [1.165, 1.54) is 0 Å². The highest BCUT2D eigenvalue weighted by Gasteiger charge is 2.21. The van der Waals surface area contributed by atoms with E-state index in [9.17, 15) is 9.18 Å². The summed E-state index contributed by atoms with van der Waals surface area (Å²) in [6.07, 6.45) is 3.15. The number of nitrogens with two attached hydrogens (primary N) is 2. The number of hydrogen-bond donors (Lipinski definition) is 4. The van der Waals surface area contributed by atoms with Crippen LogP contribution in [0.5, 0.6) is 5.88 Å². The summed E-state index contributed by atoms with van der Waals surface area (Å²) in [6, 6.07) is 4.02. The van der Waals surface area contributed by atoms with Gasteiger partial charge in [-0.2, -0.15) is 0 Å². The molecule has 0 saturated heterocycles. The summed E-state index contributed by atoms with van der Waals surface area (Å²) in [5, 5.41) is 6.08. The van der Waals surface area contributed by atoms with E-state index in [1.807, 2.05) is 13.8 Å². The van der Waals surface area contributed by atoms with Crippen LogP contribution in [0, 0.1) is 11.7 Å². The number of hydrogen-bond acceptors (Lipinski definition) is 7. The third-order valence-corrected chi connectivity index (χ3v) is 4.38. The molecule has 0 unspecified atom stereocenters. The Morgan fingerprint density at radius 2 is 2.00 bits per heavy atom. The van der Waals surface area contributed by atoms with Gasteiger partial charge in [-0.1, -0.05) is 20.8 Å². The fourth-order valence-electron chi connectivity index (χ4n) is 2.87. The molecule has 9 heteroatoms. The Kier molecular flexibility index (Phi) is 8.35. The minimum absolute atomic E-state index is 0.00182. The summed E-state index contributed by atoms with van der Waals surface area (Å²) in [5.41, 5.74) is 12.0. The van der Waals surface area contributed by atoms with E-state index >= 15 is 0 Å². The summed E-state index contributed by atoms with van der Waals surface area (Å²) in [5.74, 6) is -0.549. The van der Waals surface area contributed by atoms with Crippen LogP contribution >= 0.6 is 0 Å². The molecule has 30 heavy (non-hydrogen) atoms. The molecule has 0 aliphatic rings. The van der Waals surface area contributed by atoms with Crippen molar-refractivity contribution in [3.63, 3.8) is 0 Å². The molecule has 2 rings (SSSR count). The summed E-state index contributed by atoms with van der Waals surface area (Å²) in [4.78, 5) is 20.3. The molecule has 0 saturated carbocycles. The average molecular weight is 419 g/mol. The Balaban J connectivity index is 2.36. The Bertz CT molecular complexity index is 859. The number of anilines is 3. The Morgan fingerprint density at radius 1 is 1.27 bits per heavy atom. The molecular formula is C21H31FN6O2. The number of rotatable bonds is 11. The number of nitrogens with zero attached hydrogens (tertiary/aromatic N) is 2. The Hall–Kier alpha value is -2.94. The first-order valence-electron chi connectivity index (χ1n) is 10.1. The van der Waals surface area contributed by atoms with Crippen molar-refractivity contribution in [2.24, 2.45) is 17.4 Å². The highest BCUT2D eigenvalue weighted by molar-refractivity contribution is 5.98. The maximum atomic E-state index is 14.7. The van der Waals surface area contributed by atoms with Gasteiger partial charge in [0.25, 0.3) is 5.91 Å². The van der Waals surface area contributed by atoms with Gasteiger partial charge in [-0.3, -0.25) is 4.79 Å². The molecule has 1 amide bonds. The molecule has 2 aromatic heterocycles. The maximum Gasteiger partial charge on any atom is 0.252 e. The number of primary amides is 1. The number of nitrogens with one attached hydrogen (secondary N) is 2. The van der Waals surface area contributed by atoms with E-state index < -0.39 is 11.7 Å². The first-order valence-corrected chi connectivity index (χ1v) is 10.1. The van der Waals surface area contributed by atoms with Gasteiger partial charge in [0.2, 0.25) is 5.88 Å². The number of amides is 1. The summed E-state index contributed by atoms with van der Waals surface area (Å²) >= 11 is 0. The standard InChI is InChI=1S/C21H31FN6O2/c1-5-8-30-18-10-14(6-7-25-18)26-20-15(19(24)29)11-16(22)21(28-20)27-17(13(4)23)9-12(2)3/h6-7,10-13,17H,5,8-9,23H2,1-4H3,(H2,24,29)(H2,25,26,27,28)/t13-,17+/m0/s1. The van der Waals surface area contributed by atoms with E-state index in [4.69, 9.17) is 16.2 Å². The van der Waals surface area contributed by atoms with Gasteiger partial charge < -0.3 is 26.8 Å². The predicted molar refractivity (Wildman–Crippen MR) is 117 cm³/mol. The van der Waals surface area contributed by atoms with Gasteiger partial charge in [-0.25, -0.2) is 14.4 Å². The van der Waals surface area contributed by atoms with Crippen molar-refractivity contribution >= 4 is 23.2 Å². The summed E-state index contributed by atoms with van der Waals surface area (Å²) in [6.45, 7) is 8.49. The minimum Gasteiger partial charge on any atom is -0.478 e. The Morgan fingerprint density at radius 3 is 2.60 bits per heavy atom. The molecule has 8 nitrogen and oxygen atoms in total. The van der Waals surface area contributed by atoms with Gasteiger partial charge in [-0.05, 0) is 37.8 Å². The predicted octanol–water partition coefficient (Wildman–Crippen LogP) is 3.42. The Labute approximate surface area is 176 Å². The zero-order valence-corrected chi connectivity index (χ0v) is 17.9. The first kappa shape index (κ1) is 23.3. The van der Waals surface area contributed by atoms with Crippen molar-refractivity contribution in [2.45, 2.75) is 52.6 Å². The molecule has 2 aromatic rings. The van der Waals surface area contributed by atoms with Gasteiger partial charge in [0, 0.05) is 30.0 Å². The third-order valence-electron chi connectivity index (χ3n) is 4.38. The minimum atomic E-state index is -0.794. The van der Waals surface area contributed by atoms with Gasteiger partial charge >= 0.3 is 0 Å². The van der Waals surface area contributed by atoms with E-state index in [0.29, 0.717) is 24.1 Å². The third kappa shape index (κ3) is 6.55. The highest BCUT2D eigenvalue weighted by atomic mass is 19.1. The number of ether oxygens (including phenoxy) is 1. The largest absolute Gasteiger partial charge is 0.478 e. The lowest BCUT2D eigenvalue weighted by Gasteiger charge is -2.25. The maximum absolute atomic E-state index is 14.7. The van der Waals surface area contributed by atoms with Crippen LogP contribution in [0.1, 0.15) is 50.9 Å². The monoisotopic (exact) mass is 418 g/mol. The molecule has 0 aliphatic carbocycles. The molecule has 2 atom stereocenters. The van der Waals surface area contributed by atoms with Gasteiger partial charge in [-0.15, -0.1) is 0 Å². The number of pyridine rings is 2. The van der Waals surface area contributed by atoms with Crippen molar-refractivity contribution in [3.8, 4) is 5.88 Å². The highest BCUT2D eigenvalue weighted by Crippen LogP contribution is 2.26. The van der Waals surface area contributed by atoms with Crippen LogP contribution < -0.4 is 26.8 Å². The normalized spacial score (nSPS) is 13.0. The second-order valence-electron chi connectivity index (χ2n) is 7.67. The smallest absolute Gasteiger partial charge is 0.252 e. The van der Waals surface area contributed by atoms with Gasteiger partial charge in [0.1, 0.15) is 5.82 Å². The van der Waals surface area contributed by atoms with E-state index in [0.717, 1.165) is 18.9 Å². The van der Waals surface area contributed by atoms with Crippen LogP contribution in [0.2, 0.25) is 0 Å². The van der Waals surface area contributed by atoms with Crippen molar-refractivity contribution in [3.05, 3.63) is 35.8 Å². The number of halogens is 1. The van der Waals surface area contributed by atoms with Crippen molar-refractivity contribution in [2.75, 3.05) is 17.2 Å². The quantitative estimate of drug-likeness (QED) is 0.440. The lowest BCUT2D eigenvalue weighted by Crippen LogP contribution is -2.39. The zero-order valence-electron chi connectivity index (χ0n) is 17.9. The zero-order chi connectivity index (χ0) is 22.3. The molecule has 0 radical (unpaired) electrons. The van der Waals surface area contributed by atoms with Crippen molar-refractivity contribution < 1.29 is 13.9 Å². The number of carbonyl (C=O) groups excluding carboxylic acids is 1. The molecule has 0 aromatic carbocycles. The van der Waals surface area contributed by atoms with Gasteiger partial charge in [0.15, 0.2) is 11.6 Å². The summed E-state index contributed by atoms with van der Waals surface area (Å²) in [7, 11) is 0. The van der Waals surface area contributed by atoms with Crippen LogP contribution in [0.4, 0.5) is 21.7 Å². The molecule has 0 bridgehead atoms. The second-order valence-corrected chi connectivity index (χ2v) is 7.67. The second kappa shape index (κ2) is 10.7. The SMILES string of the molecule is CCCOc1cc(Nc2nc(N[C@H](CC(C)C)[C@H](C)N)c(F)cc2C(N)=O)ccn1. The van der Waals surface area contributed by atoms with Crippen molar-refractivity contribution in [1.29, 1.82) is 0 Å². The number of carbonyl (C=O) groups is 1. The van der Waals surface area contributed by atoms with E-state index in [-0.39, 0.29) is 29.3 Å². The number of aromatic nitrogens is 2. The average Bonchev–Trinajstić information content (AvgIpc) is 2.67. The molecule has 0 fully saturated rings. The lowest BCUT2D eigenvalue weighted by atomic mass is 9.99. The van der Waals surface area contributed by atoms with Gasteiger partial charge in [0.05, 0.1) is 12.2 Å². The van der Waals surface area contributed by atoms with E-state index in [1.54, 1.807) is 18.3 Å².